The Morgan fingerprint density at radius 3 is 2.35 bits per heavy atom. The van der Waals surface area contributed by atoms with Crippen LogP contribution in [0.4, 0.5) is 0 Å². The molecule has 1 rings (SSSR count). The number of carbonyl (C=O) groups excluding carboxylic acids is 1. The van der Waals surface area contributed by atoms with Gasteiger partial charge in [-0.05, 0) is 31.6 Å². The highest BCUT2D eigenvalue weighted by atomic mass is 16.4. The Bertz CT molecular complexity index is 309. The second kappa shape index (κ2) is 5.04. The summed E-state index contributed by atoms with van der Waals surface area (Å²) in [6.07, 6.45) is 1.92. The number of hydrogen-bond donors (Lipinski definition) is 2. The minimum atomic E-state index is -0.995. The van der Waals surface area contributed by atoms with Gasteiger partial charge < -0.3 is 15.7 Å². The van der Waals surface area contributed by atoms with Gasteiger partial charge in [-0.3, -0.25) is 9.59 Å². The molecule has 0 heterocycles. The van der Waals surface area contributed by atoms with Gasteiger partial charge in [-0.15, -0.1) is 0 Å². The van der Waals surface area contributed by atoms with E-state index in [0.29, 0.717) is 6.54 Å². The summed E-state index contributed by atoms with van der Waals surface area (Å²) in [6, 6.07) is 0. The quantitative estimate of drug-likeness (QED) is 0.717. The third-order valence-electron chi connectivity index (χ3n) is 3.09. The van der Waals surface area contributed by atoms with Crippen LogP contribution in [0.2, 0.25) is 0 Å². The number of hydrogen-bond acceptors (Lipinski definition) is 3. The van der Waals surface area contributed by atoms with Crippen molar-refractivity contribution in [2.75, 3.05) is 13.1 Å². The fourth-order valence-electron chi connectivity index (χ4n) is 2.02. The molecule has 17 heavy (non-hydrogen) atoms. The minimum absolute atomic E-state index is 0.207. The third kappa shape index (κ3) is 3.70. The average molecular weight is 242 g/mol. The van der Waals surface area contributed by atoms with Gasteiger partial charge in [0.2, 0.25) is 5.91 Å². The van der Waals surface area contributed by atoms with E-state index in [4.69, 9.17) is 10.8 Å². The standard InChI is InChI=1S/C12H22N2O3/c1-8(2)6-14(7-10(15)16)11(17)12(3,13)9-4-5-9/h8-9H,4-7,13H2,1-3H3,(H,15,16). The zero-order chi connectivity index (χ0) is 13.2. The summed E-state index contributed by atoms with van der Waals surface area (Å²) in [4.78, 5) is 24.4. The number of carbonyl (C=O) groups is 2. The second-order valence-corrected chi connectivity index (χ2v) is 5.53. The van der Waals surface area contributed by atoms with Gasteiger partial charge >= 0.3 is 5.97 Å². The molecule has 5 heteroatoms. The van der Waals surface area contributed by atoms with Crippen LogP contribution < -0.4 is 5.73 Å². The third-order valence-corrected chi connectivity index (χ3v) is 3.09. The van der Waals surface area contributed by atoms with Crippen molar-refractivity contribution in [2.45, 2.75) is 39.2 Å². The Labute approximate surface area is 102 Å². The Balaban J connectivity index is 2.73. The lowest BCUT2D eigenvalue weighted by atomic mass is 9.95. The van der Waals surface area contributed by atoms with Gasteiger partial charge in [0.05, 0.1) is 5.54 Å². The Kier molecular flexibility index (Phi) is 4.14. The fraction of sp³-hybridized carbons (Fsp3) is 0.833. The van der Waals surface area contributed by atoms with Crippen LogP contribution >= 0.6 is 0 Å². The van der Waals surface area contributed by atoms with Crippen molar-refractivity contribution in [3.63, 3.8) is 0 Å². The van der Waals surface area contributed by atoms with Crippen molar-refractivity contribution >= 4 is 11.9 Å². The van der Waals surface area contributed by atoms with Crippen LogP contribution in [0.5, 0.6) is 0 Å². The molecule has 0 bridgehead atoms. The maximum absolute atomic E-state index is 12.3. The summed E-state index contributed by atoms with van der Waals surface area (Å²) in [7, 11) is 0. The molecule has 5 nitrogen and oxygen atoms in total. The summed E-state index contributed by atoms with van der Waals surface area (Å²) in [5.74, 6) is -0.798. The maximum Gasteiger partial charge on any atom is 0.323 e. The van der Waals surface area contributed by atoms with Gasteiger partial charge in [0, 0.05) is 6.54 Å². The van der Waals surface area contributed by atoms with Crippen molar-refractivity contribution in [1.82, 2.24) is 4.90 Å². The van der Waals surface area contributed by atoms with Crippen LogP contribution in [0.15, 0.2) is 0 Å². The van der Waals surface area contributed by atoms with E-state index in [1.54, 1.807) is 6.92 Å². The molecular formula is C12H22N2O3. The number of carboxylic acids is 1. The van der Waals surface area contributed by atoms with Crippen molar-refractivity contribution in [3.05, 3.63) is 0 Å². The van der Waals surface area contributed by atoms with Crippen LogP contribution in [0.3, 0.4) is 0 Å². The highest BCUT2D eigenvalue weighted by Gasteiger charge is 2.46. The topological polar surface area (TPSA) is 83.6 Å². The predicted molar refractivity (Wildman–Crippen MR) is 64.4 cm³/mol. The Hall–Kier alpha value is -1.10. The fourth-order valence-corrected chi connectivity index (χ4v) is 2.02. The molecule has 0 aliphatic heterocycles. The van der Waals surface area contributed by atoms with E-state index in [-0.39, 0.29) is 24.3 Å². The maximum atomic E-state index is 12.3. The molecule has 1 atom stereocenters. The van der Waals surface area contributed by atoms with Crippen molar-refractivity contribution in [2.24, 2.45) is 17.6 Å². The summed E-state index contributed by atoms with van der Waals surface area (Å²) in [5, 5.41) is 8.83. The first-order valence-corrected chi connectivity index (χ1v) is 6.05. The molecule has 0 aromatic carbocycles. The molecule has 1 amide bonds. The molecule has 3 N–H and O–H groups in total. The van der Waals surface area contributed by atoms with Crippen LogP contribution in [0.25, 0.3) is 0 Å². The van der Waals surface area contributed by atoms with Crippen LogP contribution in [0, 0.1) is 11.8 Å². The van der Waals surface area contributed by atoms with E-state index in [0.717, 1.165) is 12.8 Å². The molecule has 0 aromatic heterocycles. The summed E-state index contributed by atoms with van der Waals surface area (Å²) in [6.45, 7) is 5.78. The van der Waals surface area contributed by atoms with Gasteiger partial charge in [-0.1, -0.05) is 13.8 Å². The molecule has 1 aliphatic rings. The van der Waals surface area contributed by atoms with Gasteiger partial charge in [-0.2, -0.15) is 0 Å². The molecule has 1 saturated carbocycles. The first kappa shape index (κ1) is 14.0. The van der Waals surface area contributed by atoms with Gasteiger partial charge in [0.15, 0.2) is 0 Å². The predicted octanol–water partition coefficient (Wildman–Crippen LogP) is 0.683. The van der Waals surface area contributed by atoms with Crippen LogP contribution in [0.1, 0.15) is 33.6 Å². The van der Waals surface area contributed by atoms with Crippen molar-refractivity contribution < 1.29 is 14.7 Å². The van der Waals surface area contributed by atoms with E-state index in [1.165, 1.54) is 4.90 Å². The van der Waals surface area contributed by atoms with E-state index >= 15 is 0 Å². The monoisotopic (exact) mass is 242 g/mol. The average Bonchev–Trinajstić information content (AvgIpc) is 2.96. The number of nitrogens with zero attached hydrogens (tertiary/aromatic N) is 1. The molecule has 1 fully saturated rings. The largest absolute Gasteiger partial charge is 0.480 e. The van der Waals surface area contributed by atoms with Crippen LogP contribution in [-0.2, 0) is 9.59 Å². The van der Waals surface area contributed by atoms with E-state index in [1.807, 2.05) is 13.8 Å². The highest BCUT2D eigenvalue weighted by molar-refractivity contribution is 5.89. The molecule has 1 aliphatic carbocycles. The molecule has 0 spiro atoms. The molecule has 1 unspecified atom stereocenters. The smallest absolute Gasteiger partial charge is 0.323 e. The normalized spacial score (nSPS) is 18.9. The second-order valence-electron chi connectivity index (χ2n) is 5.53. The lowest BCUT2D eigenvalue weighted by Crippen LogP contribution is -2.56. The highest BCUT2D eigenvalue weighted by Crippen LogP contribution is 2.39. The first-order chi connectivity index (χ1) is 7.75. The molecular weight excluding hydrogens is 220 g/mol. The lowest BCUT2D eigenvalue weighted by Gasteiger charge is -2.32. The Morgan fingerprint density at radius 2 is 2.00 bits per heavy atom. The zero-order valence-corrected chi connectivity index (χ0v) is 10.8. The first-order valence-electron chi connectivity index (χ1n) is 6.05. The summed E-state index contributed by atoms with van der Waals surface area (Å²) in [5.41, 5.74) is 5.12. The van der Waals surface area contributed by atoms with E-state index < -0.39 is 11.5 Å². The SMILES string of the molecule is CC(C)CN(CC(=O)O)C(=O)C(C)(N)C1CC1. The molecule has 0 radical (unpaired) electrons. The Morgan fingerprint density at radius 1 is 1.47 bits per heavy atom. The molecule has 98 valence electrons. The van der Waals surface area contributed by atoms with Crippen molar-refractivity contribution in [3.8, 4) is 0 Å². The molecule has 0 aromatic rings. The lowest BCUT2D eigenvalue weighted by molar-refractivity contribution is -0.147. The molecule has 0 saturated heterocycles. The number of carboxylic acid groups (broad SMARTS) is 1. The van der Waals surface area contributed by atoms with Gasteiger partial charge in [0.1, 0.15) is 6.54 Å². The van der Waals surface area contributed by atoms with Gasteiger partial charge in [-0.25, -0.2) is 0 Å². The zero-order valence-electron chi connectivity index (χ0n) is 10.8. The van der Waals surface area contributed by atoms with E-state index in [9.17, 15) is 9.59 Å². The summed E-state index contributed by atoms with van der Waals surface area (Å²) >= 11 is 0. The van der Waals surface area contributed by atoms with Crippen molar-refractivity contribution in [1.29, 1.82) is 0 Å². The number of rotatable bonds is 6. The number of amides is 1. The van der Waals surface area contributed by atoms with Gasteiger partial charge in [0.25, 0.3) is 0 Å². The summed E-state index contributed by atoms with van der Waals surface area (Å²) < 4.78 is 0. The van der Waals surface area contributed by atoms with E-state index in [2.05, 4.69) is 0 Å². The number of aliphatic carboxylic acids is 1. The minimum Gasteiger partial charge on any atom is -0.480 e. The van der Waals surface area contributed by atoms with Crippen LogP contribution in [-0.4, -0.2) is 40.5 Å². The number of nitrogens with two attached hydrogens (primary N) is 1.